The first-order chi connectivity index (χ1) is 17.2. The zero-order valence-electron chi connectivity index (χ0n) is 21.1. The molecule has 188 valence electrons. The van der Waals surface area contributed by atoms with Gasteiger partial charge < -0.3 is 14.9 Å². The number of ether oxygens (including phenoxy) is 1. The average molecular weight is 518 g/mol. The maximum atomic E-state index is 13.0. The van der Waals surface area contributed by atoms with Crippen LogP contribution in [0.25, 0.3) is 10.1 Å². The second kappa shape index (κ2) is 12.2. The number of carbonyl (C=O) groups is 2. The normalized spacial score (nSPS) is 22.7. The molecule has 1 fully saturated rings. The van der Waals surface area contributed by atoms with Gasteiger partial charge >= 0.3 is 5.97 Å². The molecule has 0 saturated heterocycles. The number of thiophene rings is 1. The number of rotatable bonds is 9. The molecule has 1 aliphatic carbocycles. The SMILES string of the molecule is [2H]COC(=O)CCCC#CC[C@H]1C(=O)C(C)(C)[C@@H](O)[C@@H]1/C=C/C(O)CCc1sc2ccccc2c1Cl. The minimum atomic E-state index is -0.892. The molecule has 1 unspecified atom stereocenters. The molecule has 2 N–H and O–H groups in total. The summed E-state index contributed by atoms with van der Waals surface area (Å²) < 4.78 is 12.6. The summed E-state index contributed by atoms with van der Waals surface area (Å²) in [5, 5.41) is 23.2. The van der Waals surface area contributed by atoms with Gasteiger partial charge in [0.15, 0.2) is 0 Å². The number of halogens is 1. The van der Waals surface area contributed by atoms with Gasteiger partial charge in [0.1, 0.15) is 5.78 Å². The Morgan fingerprint density at radius 1 is 1.37 bits per heavy atom. The lowest BCUT2D eigenvalue weighted by Gasteiger charge is -2.22. The summed E-state index contributed by atoms with van der Waals surface area (Å²) in [6, 6.07) is 7.95. The molecule has 1 aliphatic rings. The molecule has 4 atom stereocenters. The molecule has 7 heteroatoms. The summed E-state index contributed by atoms with van der Waals surface area (Å²) in [5.74, 6) is 4.66. The van der Waals surface area contributed by atoms with Crippen molar-refractivity contribution in [3.8, 4) is 11.8 Å². The quantitative estimate of drug-likeness (QED) is 0.203. The molecule has 1 heterocycles. The van der Waals surface area contributed by atoms with Crippen LogP contribution in [0.1, 0.15) is 52.2 Å². The molecular weight excluding hydrogens is 484 g/mol. The monoisotopic (exact) mass is 517 g/mol. The van der Waals surface area contributed by atoms with Crippen molar-refractivity contribution >= 4 is 44.8 Å². The Hall–Kier alpha value is -2.17. The third kappa shape index (κ3) is 6.54. The average Bonchev–Trinajstić information content (AvgIpc) is 3.25. The van der Waals surface area contributed by atoms with Crippen LogP contribution in [0.5, 0.6) is 0 Å². The highest BCUT2D eigenvalue weighted by molar-refractivity contribution is 7.19. The molecule has 0 bridgehead atoms. The molecular formula is C28H33ClO5S. The first kappa shape index (κ1) is 25.9. The summed E-state index contributed by atoms with van der Waals surface area (Å²) in [7, 11) is -0.380. The van der Waals surface area contributed by atoms with E-state index in [9.17, 15) is 19.8 Å². The van der Waals surface area contributed by atoms with Crippen LogP contribution >= 0.6 is 22.9 Å². The van der Waals surface area contributed by atoms with Gasteiger partial charge in [0.2, 0.25) is 0 Å². The number of hydrogen-bond donors (Lipinski definition) is 2. The number of aryl methyl sites for hydroxylation is 1. The van der Waals surface area contributed by atoms with E-state index in [4.69, 9.17) is 13.0 Å². The van der Waals surface area contributed by atoms with E-state index in [1.165, 1.54) is 0 Å². The molecule has 0 spiro atoms. The Labute approximate surface area is 217 Å². The number of methoxy groups -OCH3 is 1. The van der Waals surface area contributed by atoms with Crippen molar-refractivity contribution in [1.29, 1.82) is 0 Å². The predicted molar refractivity (Wildman–Crippen MR) is 140 cm³/mol. The number of benzene rings is 1. The van der Waals surface area contributed by atoms with Crippen LogP contribution in [0.15, 0.2) is 36.4 Å². The number of hydrogen-bond acceptors (Lipinski definition) is 6. The van der Waals surface area contributed by atoms with Crippen LogP contribution in [0.2, 0.25) is 5.02 Å². The number of unbranched alkanes of at least 4 members (excludes halogenated alkanes) is 1. The first-order valence-corrected chi connectivity index (χ1v) is 13.0. The summed E-state index contributed by atoms with van der Waals surface area (Å²) >= 11 is 8.14. The molecule has 35 heavy (non-hydrogen) atoms. The largest absolute Gasteiger partial charge is 0.469 e. The molecule has 3 rings (SSSR count). The third-order valence-corrected chi connectivity index (χ3v) is 8.43. The number of Topliss-reactive ketones (excluding diaryl/α,β-unsaturated/α-hetero) is 1. The van der Waals surface area contributed by atoms with Gasteiger partial charge in [0, 0.05) is 46.1 Å². The van der Waals surface area contributed by atoms with E-state index in [-0.39, 0.29) is 19.3 Å². The van der Waals surface area contributed by atoms with Gasteiger partial charge in [-0.05, 0) is 25.3 Å². The number of carbonyl (C=O) groups excluding carboxylic acids is 2. The Kier molecular flexibility index (Phi) is 9.02. The number of aliphatic hydroxyl groups is 2. The Balaban J connectivity index is 1.58. The van der Waals surface area contributed by atoms with Gasteiger partial charge in [-0.25, -0.2) is 0 Å². The van der Waals surface area contributed by atoms with Crippen LogP contribution < -0.4 is 0 Å². The summed E-state index contributed by atoms with van der Waals surface area (Å²) in [6.45, 7) is 3.48. The molecule has 0 radical (unpaired) electrons. The van der Waals surface area contributed by atoms with Crippen LogP contribution in [0, 0.1) is 29.1 Å². The molecule has 0 aliphatic heterocycles. The van der Waals surface area contributed by atoms with Crippen LogP contribution in [0.4, 0.5) is 0 Å². The van der Waals surface area contributed by atoms with Crippen molar-refractivity contribution in [1.82, 2.24) is 0 Å². The molecule has 2 aromatic rings. The number of aliphatic hydroxyl groups excluding tert-OH is 2. The van der Waals surface area contributed by atoms with Crippen molar-refractivity contribution in [3.05, 3.63) is 46.3 Å². The van der Waals surface area contributed by atoms with Gasteiger partial charge in [-0.2, -0.15) is 0 Å². The molecule has 0 amide bonds. The molecule has 1 aromatic heterocycles. The zero-order chi connectivity index (χ0) is 26.3. The van der Waals surface area contributed by atoms with Gasteiger partial charge in [-0.1, -0.05) is 55.8 Å². The van der Waals surface area contributed by atoms with Gasteiger partial charge in [-0.15, -0.1) is 23.2 Å². The van der Waals surface area contributed by atoms with Gasteiger partial charge in [0.05, 0.1) is 31.1 Å². The zero-order valence-corrected chi connectivity index (χ0v) is 21.7. The number of esters is 1. The highest BCUT2D eigenvalue weighted by atomic mass is 35.5. The van der Waals surface area contributed by atoms with Crippen LogP contribution in [-0.4, -0.2) is 41.3 Å². The van der Waals surface area contributed by atoms with E-state index in [1.807, 2.05) is 24.3 Å². The van der Waals surface area contributed by atoms with Crippen LogP contribution in [-0.2, 0) is 20.7 Å². The fraction of sp³-hybridized carbons (Fsp3) is 0.500. The Morgan fingerprint density at radius 3 is 2.89 bits per heavy atom. The smallest absolute Gasteiger partial charge is 0.305 e. The van der Waals surface area contributed by atoms with Crippen molar-refractivity contribution < 1.29 is 25.9 Å². The fourth-order valence-corrected chi connectivity index (χ4v) is 6.03. The fourth-order valence-electron chi connectivity index (χ4n) is 4.49. The van der Waals surface area contributed by atoms with E-state index < -0.39 is 35.4 Å². The van der Waals surface area contributed by atoms with E-state index in [1.54, 1.807) is 37.3 Å². The first-order valence-electron chi connectivity index (χ1n) is 12.5. The van der Waals surface area contributed by atoms with Crippen molar-refractivity contribution in [2.24, 2.45) is 17.3 Å². The second-order valence-electron chi connectivity index (χ2n) is 9.47. The second-order valence-corrected chi connectivity index (χ2v) is 11.0. The lowest BCUT2D eigenvalue weighted by Crippen LogP contribution is -2.31. The lowest BCUT2D eigenvalue weighted by molar-refractivity contribution is -0.140. The molecule has 1 saturated carbocycles. The van der Waals surface area contributed by atoms with Gasteiger partial charge in [-0.3, -0.25) is 9.59 Å². The lowest BCUT2D eigenvalue weighted by atomic mass is 9.86. The predicted octanol–water partition coefficient (Wildman–Crippen LogP) is 5.34. The van der Waals surface area contributed by atoms with Crippen LogP contribution in [0.3, 0.4) is 0 Å². The third-order valence-electron chi connectivity index (χ3n) is 6.66. The van der Waals surface area contributed by atoms with Crippen molar-refractivity contribution in [2.75, 3.05) is 7.09 Å². The summed E-state index contributed by atoms with van der Waals surface area (Å²) in [5.41, 5.74) is -0.892. The maximum Gasteiger partial charge on any atom is 0.305 e. The minimum Gasteiger partial charge on any atom is -0.469 e. The van der Waals surface area contributed by atoms with E-state index in [0.29, 0.717) is 32.1 Å². The standard InChI is InChI=1S/C28H33ClO5S/c1-28(2)26(32)19(10-6-4-5-7-13-24(31)34-3)20(27(28)33)16-14-18(30)15-17-23-25(29)21-11-8-9-12-22(21)35-23/h8-9,11-12,14,16,18-20,27,30,33H,5,7,10,13,15,17H2,1-3H3/b16-14+/t18?,19-,20-,27+/m1/s1/i3D. The highest BCUT2D eigenvalue weighted by Gasteiger charge is 2.53. The van der Waals surface area contributed by atoms with Crippen molar-refractivity contribution in [2.45, 2.75) is 64.6 Å². The van der Waals surface area contributed by atoms with E-state index in [0.717, 1.165) is 20.0 Å². The number of ketones is 1. The van der Waals surface area contributed by atoms with Gasteiger partial charge in [0.25, 0.3) is 0 Å². The van der Waals surface area contributed by atoms with E-state index >= 15 is 0 Å². The minimum absolute atomic E-state index is 0.0375. The molecule has 5 nitrogen and oxygen atoms in total. The Bertz CT molecular complexity index is 1160. The van der Waals surface area contributed by atoms with Crippen molar-refractivity contribution in [3.63, 3.8) is 0 Å². The summed E-state index contributed by atoms with van der Waals surface area (Å²) in [4.78, 5) is 25.3. The van der Waals surface area contributed by atoms with E-state index in [2.05, 4.69) is 16.6 Å². The number of fused-ring (bicyclic) bond motifs is 1. The topological polar surface area (TPSA) is 83.8 Å². The summed E-state index contributed by atoms with van der Waals surface area (Å²) in [6.07, 6.45) is 4.47. The maximum absolute atomic E-state index is 13.0. The Morgan fingerprint density at radius 2 is 2.14 bits per heavy atom. The molecule has 1 aromatic carbocycles. The highest BCUT2D eigenvalue weighted by Crippen LogP contribution is 2.44.